The van der Waals surface area contributed by atoms with E-state index in [4.69, 9.17) is 0 Å². The maximum Gasteiger partial charge on any atom is 0.147 e. The lowest BCUT2D eigenvalue weighted by atomic mass is 10.3. The summed E-state index contributed by atoms with van der Waals surface area (Å²) in [5, 5.41) is 7.68. The molecule has 0 radical (unpaired) electrons. The Kier molecular flexibility index (Phi) is 3.53. The smallest absolute Gasteiger partial charge is 0.147 e. The van der Waals surface area contributed by atoms with E-state index in [0.29, 0.717) is 0 Å². The second kappa shape index (κ2) is 5.30. The van der Waals surface area contributed by atoms with Gasteiger partial charge in [0.05, 0.1) is 6.54 Å². The van der Waals surface area contributed by atoms with Crippen molar-refractivity contribution in [1.29, 1.82) is 0 Å². The maximum atomic E-state index is 4.43. The molecular formula is C12H16N4. The molecule has 1 N–H and O–H groups in total. The zero-order valence-corrected chi connectivity index (χ0v) is 9.43. The zero-order chi connectivity index (χ0) is 11.2. The van der Waals surface area contributed by atoms with Crippen LogP contribution < -0.4 is 5.32 Å². The fraction of sp³-hybridized carbons (Fsp3) is 0.333. The molecule has 2 rings (SSSR count). The molecule has 0 amide bonds. The molecule has 0 unspecified atom stereocenters. The summed E-state index contributed by atoms with van der Waals surface area (Å²) in [6, 6.07) is 6.00. The Morgan fingerprint density at radius 1 is 1.25 bits per heavy atom. The number of rotatable bonds is 5. The highest BCUT2D eigenvalue weighted by Gasteiger charge is 1.98. The molecule has 0 aliphatic heterocycles. The van der Waals surface area contributed by atoms with E-state index in [-0.39, 0.29) is 0 Å². The fourth-order valence-corrected chi connectivity index (χ4v) is 1.47. The number of hydrogen-bond acceptors (Lipinski definition) is 3. The van der Waals surface area contributed by atoms with Gasteiger partial charge in [-0.1, -0.05) is 6.92 Å². The van der Waals surface area contributed by atoms with Crippen LogP contribution >= 0.6 is 0 Å². The Bertz CT molecular complexity index is 422. The molecule has 2 heterocycles. The van der Waals surface area contributed by atoms with Crippen molar-refractivity contribution in [3.8, 4) is 0 Å². The maximum absolute atomic E-state index is 4.43. The van der Waals surface area contributed by atoms with Crippen LogP contribution in [0.15, 0.2) is 36.8 Å². The van der Waals surface area contributed by atoms with Gasteiger partial charge in [-0.25, -0.2) is 0 Å². The van der Waals surface area contributed by atoms with Crippen LogP contribution in [0.25, 0.3) is 0 Å². The van der Waals surface area contributed by atoms with E-state index in [2.05, 4.69) is 22.3 Å². The molecule has 0 aromatic carbocycles. The number of aromatic nitrogens is 3. The Morgan fingerprint density at radius 3 is 2.81 bits per heavy atom. The highest BCUT2D eigenvalue weighted by atomic mass is 15.3. The van der Waals surface area contributed by atoms with Gasteiger partial charge in [0, 0.05) is 31.2 Å². The van der Waals surface area contributed by atoms with Crippen LogP contribution in [0.5, 0.6) is 0 Å². The van der Waals surface area contributed by atoms with Crippen molar-refractivity contribution in [2.24, 2.45) is 0 Å². The molecule has 4 heteroatoms. The Hall–Kier alpha value is -1.84. The van der Waals surface area contributed by atoms with Crippen LogP contribution in [0.1, 0.15) is 18.9 Å². The predicted octanol–water partition coefficient (Wildman–Crippen LogP) is 2.15. The fourth-order valence-electron chi connectivity index (χ4n) is 1.47. The first-order chi connectivity index (χ1) is 7.88. The van der Waals surface area contributed by atoms with Crippen molar-refractivity contribution in [1.82, 2.24) is 14.8 Å². The second-order valence-electron chi connectivity index (χ2n) is 3.68. The summed E-state index contributed by atoms with van der Waals surface area (Å²) in [6.45, 7) is 3.89. The van der Waals surface area contributed by atoms with Gasteiger partial charge >= 0.3 is 0 Å². The van der Waals surface area contributed by atoms with Crippen molar-refractivity contribution in [2.45, 2.75) is 19.9 Å². The number of hydrogen-bond donors (Lipinski definition) is 1. The standard InChI is InChI=1S/C12H16N4/c1-2-6-14-12-5-9-16(15-12)10-11-3-7-13-8-4-11/h3-5,7-9H,2,6,10H2,1H3,(H,14,15). The van der Waals surface area contributed by atoms with Crippen molar-refractivity contribution < 1.29 is 0 Å². The summed E-state index contributed by atoms with van der Waals surface area (Å²) in [4.78, 5) is 3.99. The van der Waals surface area contributed by atoms with E-state index in [1.54, 1.807) is 12.4 Å². The van der Waals surface area contributed by atoms with Gasteiger partial charge in [-0.15, -0.1) is 0 Å². The van der Waals surface area contributed by atoms with Crippen molar-refractivity contribution in [3.63, 3.8) is 0 Å². The zero-order valence-electron chi connectivity index (χ0n) is 9.43. The average Bonchev–Trinajstić information content (AvgIpc) is 2.75. The van der Waals surface area contributed by atoms with E-state index in [9.17, 15) is 0 Å². The summed E-state index contributed by atoms with van der Waals surface area (Å²) in [5.41, 5.74) is 1.21. The minimum absolute atomic E-state index is 0.788. The molecule has 2 aromatic rings. The second-order valence-corrected chi connectivity index (χ2v) is 3.68. The molecule has 0 saturated heterocycles. The van der Waals surface area contributed by atoms with E-state index in [1.165, 1.54) is 5.56 Å². The Labute approximate surface area is 95.3 Å². The van der Waals surface area contributed by atoms with Crippen LogP contribution in [0.2, 0.25) is 0 Å². The summed E-state index contributed by atoms with van der Waals surface area (Å²) in [7, 11) is 0. The molecule has 0 aliphatic rings. The average molecular weight is 216 g/mol. The van der Waals surface area contributed by atoms with Gasteiger partial charge in [-0.05, 0) is 24.1 Å². The van der Waals surface area contributed by atoms with Crippen LogP contribution in [0.3, 0.4) is 0 Å². The summed E-state index contributed by atoms with van der Waals surface area (Å²) < 4.78 is 1.92. The van der Waals surface area contributed by atoms with Gasteiger partial charge in [-0.3, -0.25) is 9.67 Å². The number of nitrogens with one attached hydrogen (secondary N) is 1. The first-order valence-corrected chi connectivity index (χ1v) is 5.54. The van der Waals surface area contributed by atoms with E-state index in [0.717, 1.165) is 25.3 Å². The molecule has 84 valence electrons. The van der Waals surface area contributed by atoms with Gasteiger partial charge < -0.3 is 5.32 Å². The summed E-state index contributed by atoms with van der Waals surface area (Å²) in [6.07, 6.45) is 6.69. The van der Waals surface area contributed by atoms with Crippen LogP contribution in [0.4, 0.5) is 5.82 Å². The first kappa shape index (κ1) is 10.7. The third-order valence-corrected chi connectivity index (χ3v) is 2.29. The third kappa shape index (κ3) is 2.82. The Balaban J connectivity index is 1.97. The molecule has 16 heavy (non-hydrogen) atoms. The van der Waals surface area contributed by atoms with Gasteiger partial charge in [0.15, 0.2) is 0 Å². The SMILES string of the molecule is CCCNc1ccn(Cc2ccncc2)n1. The lowest BCUT2D eigenvalue weighted by molar-refractivity contribution is 0.687. The number of nitrogens with zero attached hydrogens (tertiary/aromatic N) is 3. The number of anilines is 1. The summed E-state index contributed by atoms with van der Waals surface area (Å²) >= 11 is 0. The quantitative estimate of drug-likeness (QED) is 0.832. The lowest BCUT2D eigenvalue weighted by Crippen LogP contribution is -2.04. The number of pyridine rings is 1. The van der Waals surface area contributed by atoms with Crippen LogP contribution in [0, 0.1) is 0 Å². The molecule has 2 aromatic heterocycles. The topological polar surface area (TPSA) is 42.7 Å². The molecule has 0 saturated carbocycles. The van der Waals surface area contributed by atoms with Crippen LogP contribution in [-0.4, -0.2) is 21.3 Å². The normalized spacial score (nSPS) is 10.3. The minimum Gasteiger partial charge on any atom is -0.369 e. The van der Waals surface area contributed by atoms with E-state index >= 15 is 0 Å². The van der Waals surface area contributed by atoms with Gasteiger partial charge in [0.1, 0.15) is 5.82 Å². The van der Waals surface area contributed by atoms with Crippen molar-refractivity contribution in [3.05, 3.63) is 42.4 Å². The first-order valence-electron chi connectivity index (χ1n) is 5.54. The predicted molar refractivity (Wildman–Crippen MR) is 64.3 cm³/mol. The van der Waals surface area contributed by atoms with Crippen molar-refractivity contribution >= 4 is 5.82 Å². The molecule has 0 aliphatic carbocycles. The molecular weight excluding hydrogens is 200 g/mol. The monoisotopic (exact) mass is 216 g/mol. The molecule has 0 fully saturated rings. The minimum atomic E-state index is 0.788. The van der Waals surface area contributed by atoms with E-state index < -0.39 is 0 Å². The molecule has 0 spiro atoms. The summed E-state index contributed by atoms with van der Waals surface area (Å²) in [5.74, 6) is 0.941. The van der Waals surface area contributed by atoms with E-state index in [1.807, 2.05) is 29.1 Å². The lowest BCUT2D eigenvalue weighted by Gasteiger charge is -2.01. The largest absolute Gasteiger partial charge is 0.369 e. The molecule has 0 bridgehead atoms. The third-order valence-electron chi connectivity index (χ3n) is 2.29. The highest BCUT2D eigenvalue weighted by molar-refractivity contribution is 5.32. The molecule has 4 nitrogen and oxygen atoms in total. The Morgan fingerprint density at radius 2 is 2.06 bits per heavy atom. The van der Waals surface area contributed by atoms with Crippen LogP contribution in [-0.2, 0) is 6.54 Å². The molecule has 0 atom stereocenters. The van der Waals surface area contributed by atoms with Gasteiger partial charge in [0.25, 0.3) is 0 Å². The van der Waals surface area contributed by atoms with Gasteiger partial charge in [0.2, 0.25) is 0 Å². The van der Waals surface area contributed by atoms with Gasteiger partial charge in [-0.2, -0.15) is 5.10 Å². The van der Waals surface area contributed by atoms with Crippen molar-refractivity contribution in [2.75, 3.05) is 11.9 Å². The highest BCUT2D eigenvalue weighted by Crippen LogP contribution is 2.05.